The topological polar surface area (TPSA) is 55.4 Å². The van der Waals surface area contributed by atoms with Crippen molar-refractivity contribution in [3.8, 4) is 0 Å². The molecule has 5 heteroatoms. The number of benzene rings is 2. The Kier molecular flexibility index (Phi) is 7.67. The molecule has 0 saturated heterocycles. The van der Waals surface area contributed by atoms with E-state index in [1.165, 1.54) is 0 Å². The molecule has 0 heterocycles. The minimum absolute atomic E-state index is 0.158. The van der Waals surface area contributed by atoms with Crippen molar-refractivity contribution in [3.63, 3.8) is 0 Å². The molecular weight excluding hydrogens is 350 g/mol. The summed E-state index contributed by atoms with van der Waals surface area (Å²) in [4.78, 5) is 24.2. The monoisotopic (exact) mass is 373 g/mol. The van der Waals surface area contributed by atoms with Crippen LogP contribution in [0.3, 0.4) is 0 Å². The van der Waals surface area contributed by atoms with Crippen LogP contribution < -0.4 is 5.32 Å². The minimum Gasteiger partial charge on any atom is -0.466 e. The maximum Gasteiger partial charge on any atom is 0.309 e. The molecule has 1 N–H and O–H groups in total. The quantitative estimate of drug-likeness (QED) is 0.697. The Morgan fingerprint density at radius 2 is 1.77 bits per heavy atom. The van der Waals surface area contributed by atoms with Gasteiger partial charge in [-0.1, -0.05) is 48.9 Å². The number of rotatable bonds is 8. The standard InChI is InChI=1S/C21H24ClNO3/c1-3-16(21(25)26-4-2)13-15-9-11-17(12-10-15)20(24)23-14-18-7-5-6-8-19(18)22/h5-12,16H,3-4,13-14H2,1-2H3,(H,23,24). The first-order chi connectivity index (χ1) is 12.5. The summed E-state index contributed by atoms with van der Waals surface area (Å²) in [6.07, 6.45) is 1.33. The fraction of sp³-hybridized carbons (Fsp3) is 0.333. The predicted octanol–water partition coefficient (Wildman–Crippen LogP) is 4.40. The van der Waals surface area contributed by atoms with Gasteiger partial charge in [0.25, 0.3) is 5.91 Å². The van der Waals surface area contributed by atoms with Crippen molar-refractivity contribution in [2.75, 3.05) is 6.61 Å². The summed E-state index contributed by atoms with van der Waals surface area (Å²) in [5, 5.41) is 3.50. The summed E-state index contributed by atoms with van der Waals surface area (Å²) in [6, 6.07) is 14.7. The van der Waals surface area contributed by atoms with Crippen LogP contribution in [0.15, 0.2) is 48.5 Å². The lowest BCUT2D eigenvalue weighted by Crippen LogP contribution is -2.23. The fourth-order valence-corrected chi connectivity index (χ4v) is 2.85. The number of carbonyl (C=O) groups is 2. The molecule has 0 fully saturated rings. The van der Waals surface area contributed by atoms with E-state index in [0.29, 0.717) is 30.2 Å². The van der Waals surface area contributed by atoms with Gasteiger partial charge in [-0.15, -0.1) is 0 Å². The summed E-state index contributed by atoms with van der Waals surface area (Å²) in [5.74, 6) is -0.486. The number of hydrogen-bond acceptors (Lipinski definition) is 3. The van der Waals surface area contributed by atoms with Gasteiger partial charge in [0.05, 0.1) is 12.5 Å². The number of amides is 1. The van der Waals surface area contributed by atoms with Gasteiger partial charge in [0.2, 0.25) is 0 Å². The Hall–Kier alpha value is -2.33. The molecule has 0 bridgehead atoms. The maximum absolute atomic E-state index is 12.3. The van der Waals surface area contributed by atoms with E-state index < -0.39 is 0 Å². The van der Waals surface area contributed by atoms with Crippen LogP contribution in [0.4, 0.5) is 0 Å². The second kappa shape index (κ2) is 9.97. The third kappa shape index (κ3) is 5.60. The van der Waals surface area contributed by atoms with E-state index in [1.807, 2.05) is 37.3 Å². The predicted molar refractivity (Wildman–Crippen MR) is 103 cm³/mol. The van der Waals surface area contributed by atoms with Crippen molar-refractivity contribution < 1.29 is 14.3 Å². The molecule has 1 atom stereocenters. The van der Waals surface area contributed by atoms with E-state index in [9.17, 15) is 9.59 Å². The third-order valence-electron chi connectivity index (χ3n) is 4.21. The van der Waals surface area contributed by atoms with Crippen LogP contribution in [0, 0.1) is 5.92 Å². The molecule has 4 nitrogen and oxygen atoms in total. The van der Waals surface area contributed by atoms with Gasteiger partial charge in [-0.25, -0.2) is 0 Å². The van der Waals surface area contributed by atoms with Gasteiger partial charge >= 0.3 is 5.97 Å². The van der Waals surface area contributed by atoms with Crippen molar-refractivity contribution in [1.82, 2.24) is 5.32 Å². The molecule has 0 radical (unpaired) electrons. The Morgan fingerprint density at radius 3 is 2.38 bits per heavy atom. The number of hydrogen-bond donors (Lipinski definition) is 1. The van der Waals surface area contributed by atoms with Crippen LogP contribution in [-0.4, -0.2) is 18.5 Å². The van der Waals surface area contributed by atoms with Crippen LogP contribution in [0.2, 0.25) is 5.02 Å². The Labute approximate surface area is 159 Å². The van der Waals surface area contributed by atoms with Crippen LogP contribution in [0.25, 0.3) is 0 Å². The van der Waals surface area contributed by atoms with Gasteiger partial charge in [0.1, 0.15) is 0 Å². The highest BCUT2D eigenvalue weighted by Gasteiger charge is 2.18. The first-order valence-electron chi connectivity index (χ1n) is 8.82. The third-order valence-corrected chi connectivity index (χ3v) is 4.58. The van der Waals surface area contributed by atoms with E-state index in [4.69, 9.17) is 16.3 Å². The molecule has 2 aromatic carbocycles. The number of carbonyl (C=O) groups excluding carboxylic acids is 2. The number of nitrogens with one attached hydrogen (secondary N) is 1. The largest absolute Gasteiger partial charge is 0.466 e. The van der Waals surface area contributed by atoms with Crippen LogP contribution >= 0.6 is 11.6 Å². The van der Waals surface area contributed by atoms with Gasteiger partial charge in [0.15, 0.2) is 0 Å². The molecule has 1 unspecified atom stereocenters. The van der Waals surface area contributed by atoms with Crippen LogP contribution in [0.1, 0.15) is 41.8 Å². The molecule has 0 aliphatic carbocycles. The molecule has 0 saturated carbocycles. The highest BCUT2D eigenvalue weighted by molar-refractivity contribution is 6.31. The highest BCUT2D eigenvalue weighted by atomic mass is 35.5. The first-order valence-corrected chi connectivity index (χ1v) is 9.20. The minimum atomic E-state index is -0.170. The second-order valence-corrected chi connectivity index (χ2v) is 6.44. The fourth-order valence-electron chi connectivity index (χ4n) is 2.65. The molecule has 2 aromatic rings. The zero-order valence-corrected chi connectivity index (χ0v) is 15.9. The smallest absolute Gasteiger partial charge is 0.309 e. The molecule has 1 amide bonds. The first kappa shape index (κ1) is 20.0. The number of halogens is 1. The van der Waals surface area contributed by atoms with E-state index in [0.717, 1.165) is 17.5 Å². The SMILES string of the molecule is CCOC(=O)C(CC)Cc1ccc(C(=O)NCc2ccccc2Cl)cc1. The van der Waals surface area contributed by atoms with Crippen molar-refractivity contribution in [3.05, 3.63) is 70.2 Å². The van der Waals surface area contributed by atoms with Crippen molar-refractivity contribution >= 4 is 23.5 Å². The summed E-state index contributed by atoms with van der Waals surface area (Å²) >= 11 is 6.10. The lowest BCUT2D eigenvalue weighted by Gasteiger charge is -2.13. The molecule has 0 aliphatic heterocycles. The van der Waals surface area contributed by atoms with Gasteiger partial charge in [-0.05, 0) is 49.1 Å². The summed E-state index contributed by atoms with van der Waals surface area (Å²) in [7, 11) is 0. The zero-order chi connectivity index (χ0) is 18.9. The Morgan fingerprint density at radius 1 is 1.08 bits per heavy atom. The molecule has 26 heavy (non-hydrogen) atoms. The lowest BCUT2D eigenvalue weighted by atomic mass is 9.96. The average molecular weight is 374 g/mol. The Bertz CT molecular complexity index is 743. The van der Waals surface area contributed by atoms with Crippen molar-refractivity contribution in [1.29, 1.82) is 0 Å². The highest BCUT2D eigenvalue weighted by Crippen LogP contribution is 2.16. The van der Waals surface area contributed by atoms with Crippen LogP contribution in [-0.2, 0) is 22.5 Å². The second-order valence-electron chi connectivity index (χ2n) is 6.03. The van der Waals surface area contributed by atoms with Gasteiger partial charge in [0, 0.05) is 17.1 Å². The molecule has 0 aromatic heterocycles. The van der Waals surface area contributed by atoms with Crippen molar-refractivity contribution in [2.45, 2.75) is 33.2 Å². The van der Waals surface area contributed by atoms with Crippen LogP contribution in [0.5, 0.6) is 0 Å². The molecule has 0 aliphatic rings. The molecule has 138 valence electrons. The van der Waals surface area contributed by atoms with E-state index in [-0.39, 0.29) is 17.8 Å². The van der Waals surface area contributed by atoms with Gasteiger partial charge in [-0.3, -0.25) is 9.59 Å². The summed E-state index contributed by atoms with van der Waals surface area (Å²) < 4.78 is 5.10. The number of esters is 1. The van der Waals surface area contributed by atoms with Gasteiger partial charge in [-0.2, -0.15) is 0 Å². The van der Waals surface area contributed by atoms with E-state index in [1.54, 1.807) is 25.1 Å². The lowest BCUT2D eigenvalue weighted by molar-refractivity contribution is -0.148. The molecule has 2 rings (SSSR count). The summed E-state index contributed by atoms with van der Waals surface area (Å²) in [5.41, 5.74) is 2.46. The van der Waals surface area contributed by atoms with Gasteiger partial charge < -0.3 is 10.1 Å². The Balaban J connectivity index is 1.94. The van der Waals surface area contributed by atoms with Crippen molar-refractivity contribution in [2.24, 2.45) is 5.92 Å². The van der Waals surface area contributed by atoms with E-state index >= 15 is 0 Å². The molecule has 0 spiro atoms. The van der Waals surface area contributed by atoms with E-state index in [2.05, 4.69) is 5.32 Å². The molecular formula is C21H24ClNO3. The average Bonchev–Trinajstić information content (AvgIpc) is 2.66. The zero-order valence-electron chi connectivity index (χ0n) is 15.1. The maximum atomic E-state index is 12.3. The normalized spacial score (nSPS) is 11.7. The summed E-state index contributed by atoms with van der Waals surface area (Å²) in [6.45, 7) is 4.54. The number of ether oxygens (including phenoxy) is 1.